The van der Waals surface area contributed by atoms with E-state index in [0.717, 1.165) is 6.07 Å². The summed E-state index contributed by atoms with van der Waals surface area (Å²) in [6.07, 6.45) is 1.31. The summed E-state index contributed by atoms with van der Waals surface area (Å²) in [5.74, 6) is -0.609. The quantitative estimate of drug-likeness (QED) is 0.879. The number of H-pyrrole nitrogens is 1. The Bertz CT molecular complexity index is 640. The monoisotopic (exact) mass is 271 g/mol. The van der Waals surface area contributed by atoms with Gasteiger partial charge in [-0.2, -0.15) is 13.5 Å². The predicted octanol–water partition coefficient (Wildman–Crippen LogP) is 1.36. The van der Waals surface area contributed by atoms with Gasteiger partial charge in [-0.15, -0.1) is 0 Å². The van der Waals surface area contributed by atoms with Gasteiger partial charge in [0, 0.05) is 6.07 Å². The maximum atomic E-state index is 13.4. The molecule has 0 aliphatic rings. The Kier molecular flexibility index (Phi) is 3.19. The van der Waals surface area contributed by atoms with Crippen LogP contribution >= 0.6 is 0 Å². The Hall–Kier alpha value is -2.09. The molecule has 0 unspecified atom stereocenters. The first-order valence-corrected chi connectivity index (χ1v) is 6.37. The summed E-state index contributed by atoms with van der Waals surface area (Å²) < 4.78 is 43.9. The van der Waals surface area contributed by atoms with E-state index in [9.17, 15) is 12.8 Å². The number of hydrogen-bond donors (Lipinski definition) is 2. The Labute approximate surface area is 103 Å². The summed E-state index contributed by atoms with van der Waals surface area (Å²) in [5.41, 5.74) is 0.0999. The highest BCUT2D eigenvalue weighted by Crippen LogP contribution is 2.22. The van der Waals surface area contributed by atoms with Gasteiger partial charge < -0.3 is 4.74 Å². The number of halogens is 1. The molecule has 2 aromatic rings. The predicted molar refractivity (Wildman–Crippen MR) is 62.3 cm³/mol. The van der Waals surface area contributed by atoms with Gasteiger partial charge in [-0.25, -0.2) is 4.39 Å². The second-order valence-electron chi connectivity index (χ2n) is 3.38. The van der Waals surface area contributed by atoms with Crippen molar-refractivity contribution in [1.82, 2.24) is 10.2 Å². The van der Waals surface area contributed by atoms with E-state index in [1.165, 1.54) is 31.5 Å². The van der Waals surface area contributed by atoms with Crippen molar-refractivity contribution in [3.05, 3.63) is 36.3 Å². The van der Waals surface area contributed by atoms with Crippen molar-refractivity contribution in [2.24, 2.45) is 0 Å². The SMILES string of the molecule is COc1ccc(NS(=O)(=O)c2ccn[nH]2)cc1F. The lowest BCUT2D eigenvalue weighted by Crippen LogP contribution is -2.13. The Morgan fingerprint density at radius 3 is 2.72 bits per heavy atom. The fourth-order valence-electron chi connectivity index (χ4n) is 1.33. The van der Waals surface area contributed by atoms with Crippen molar-refractivity contribution in [3.63, 3.8) is 0 Å². The minimum atomic E-state index is -3.78. The Balaban J connectivity index is 2.27. The van der Waals surface area contributed by atoms with Crippen LogP contribution in [-0.2, 0) is 10.0 Å². The summed E-state index contributed by atoms with van der Waals surface area (Å²) >= 11 is 0. The van der Waals surface area contributed by atoms with Crippen LogP contribution in [0.1, 0.15) is 0 Å². The molecule has 1 aromatic heterocycles. The zero-order valence-corrected chi connectivity index (χ0v) is 10.2. The summed E-state index contributed by atoms with van der Waals surface area (Å²) in [4.78, 5) is 0. The number of benzene rings is 1. The van der Waals surface area contributed by atoms with Crippen LogP contribution in [0.4, 0.5) is 10.1 Å². The maximum absolute atomic E-state index is 13.4. The van der Waals surface area contributed by atoms with Crippen molar-refractivity contribution < 1.29 is 17.5 Å². The van der Waals surface area contributed by atoms with Crippen molar-refractivity contribution in [1.29, 1.82) is 0 Å². The zero-order chi connectivity index (χ0) is 13.2. The molecule has 0 bridgehead atoms. The van der Waals surface area contributed by atoms with Gasteiger partial charge in [-0.05, 0) is 18.2 Å². The number of hydrogen-bond acceptors (Lipinski definition) is 4. The average molecular weight is 271 g/mol. The summed E-state index contributed by atoms with van der Waals surface area (Å²) in [7, 11) is -2.46. The molecule has 1 heterocycles. The van der Waals surface area contributed by atoms with Gasteiger partial charge in [0.25, 0.3) is 10.0 Å². The number of anilines is 1. The van der Waals surface area contributed by atoms with Crippen LogP contribution < -0.4 is 9.46 Å². The number of aromatic amines is 1. The third-order valence-corrected chi connectivity index (χ3v) is 3.48. The van der Waals surface area contributed by atoms with E-state index in [1.807, 2.05) is 0 Å². The molecule has 1 aromatic carbocycles. The molecule has 0 radical (unpaired) electrons. The zero-order valence-electron chi connectivity index (χ0n) is 9.34. The first kappa shape index (κ1) is 12.4. The summed E-state index contributed by atoms with van der Waals surface area (Å²) in [6, 6.07) is 5.06. The molecule has 2 N–H and O–H groups in total. The van der Waals surface area contributed by atoms with E-state index in [2.05, 4.69) is 14.9 Å². The number of nitrogens with one attached hydrogen (secondary N) is 2. The largest absolute Gasteiger partial charge is 0.494 e. The second kappa shape index (κ2) is 4.65. The van der Waals surface area contributed by atoms with Crippen molar-refractivity contribution in [2.45, 2.75) is 5.03 Å². The second-order valence-corrected chi connectivity index (χ2v) is 5.03. The highest BCUT2D eigenvalue weighted by Gasteiger charge is 2.16. The molecule has 18 heavy (non-hydrogen) atoms. The summed E-state index contributed by atoms with van der Waals surface area (Å²) in [6.45, 7) is 0. The van der Waals surface area contributed by atoms with Gasteiger partial charge in [0.2, 0.25) is 0 Å². The van der Waals surface area contributed by atoms with E-state index in [0.29, 0.717) is 0 Å². The van der Waals surface area contributed by atoms with E-state index in [-0.39, 0.29) is 16.5 Å². The molecule has 0 saturated heterocycles. The van der Waals surface area contributed by atoms with Gasteiger partial charge >= 0.3 is 0 Å². The van der Waals surface area contributed by atoms with Crippen LogP contribution in [0.15, 0.2) is 35.5 Å². The molecule has 2 rings (SSSR count). The van der Waals surface area contributed by atoms with Gasteiger partial charge in [-0.3, -0.25) is 9.82 Å². The first-order valence-electron chi connectivity index (χ1n) is 4.88. The average Bonchev–Trinajstić information content (AvgIpc) is 2.82. The molecule has 0 amide bonds. The van der Waals surface area contributed by atoms with Crippen LogP contribution in [0, 0.1) is 5.82 Å². The number of rotatable bonds is 4. The standard InChI is InChI=1S/C10H10FN3O3S/c1-17-9-3-2-7(6-8(9)11)14-18(15,16)10-4-5-12-13-10/h2-6,14H,1H3,(H,12,13). The molecule has 0 saturated carbocycles. The minimum absolute atomic E-state index is 0.0412. The number of nitrogens with zero attached hydrogens (tertiary/aromatic N) is 1. The lowest BCUT2D eigenvalue weighted by atomic mass is 10.3. The smallest absolute Gasteiger partial charge is 0.278 e. The lowest BCUT2D eigenvalue weighted by molar-refractivity contribution is 0.386. The number of ether oxygens (including phenoxy) is 1. The third kappa shape index (κ3) is 2.43. The van der Waals surface area contributed by atoms with E-state index >= 15 is 0 Å². The molecular formula is C10H10FN3O3S. The van der Waals surface area contributed by atoms with Crippen molar-refractivity contribution in [2.75, 3.05) is 11.8 Å². The molecule has 0 aliphatic heterocycles. The molecule has 0 fully saturated rings. The summed E-state index contributed by atoms with van der Waals surface area (Å²) in [5, 5.41) is 5.75. The number of sulfonamides is 1. The van der Waals surface area contributed by atoms with Gasteiger partial charge in [0.15, 0.2) is 16.6 Å². The Morgan fingerprint density at radius 2 is 2.17 bits per heavy atom. The number of aromatic nitrogens is 2. The van der Waals surface area contributed by atoms with E-state index in [1.54, 1.807) is 0 Å². The molecule has 6 nitrogen and oxygen atoms in total. The van der Waals surface area contributed by atoms with Crippen LogP contribution in [0.3, 0.4) is 0 Å². The van der Waals surface area contributed by atoms with Crippen LogP contribution in [-0.4, -0.2) is 25.7 Å². The normalized spacial score (nSPS) is 11.2. The topological polar surface area (TPSA) is 84.1 Å². The molecule has 0 atom stereocenters. The van der Waals surface area contributed by atoms with Gasteiger partial charge in [0.1, 0.15) is 0 Å². The first-order chi connectivity index (χ1) is 8.53. The molecular weight excluding hydrogens is 261 g/mol. The molecule has 96 valence electrons. The highest BCUT2D eigenvalue weighted by molar-refractivity contribution is 7.92. The fourth-order valence-corrected chi connectivity index (χ4v) is 2.29. The molecule has 8 heteroatoms. The van der Waals surface area contributed by atoms with Gasteiger partial charge in [-0.1, -0.05) is 0 Å². The highest BCUT2D eigenvalue weighted by atomic mass is 32.2. The third-order valence-electron chi connectivity index (χ3n) is 2.17. The molecule has 0 spiro atoms. The van der Waals surface area contributed by atoms with Crippen LogP contribution in [0.5, 0.6) is 5.75 Å². The van der Waals surface area contributed by atoms with Gasteiger partial charge in [0.05, 0.1) is 19.0 Å². The minimum Gasteiger partial charge on any atom is -0.494 e. The van der Waals surface area contributed by atoms with Crippen LogP contribution in [0.25, 0.3) is 0 Å². The van der Waals surface area contributed by atoms with E-state index in [4.69, 9.17) is 4.74 Å². The Morgan fingerprint density at radius 1 is 1.39 bits per heavy atom. The van der Waals surface area contributed by atoms with Crippen LogP contribution in [0.2, 0.25) is 0 Å². The van der Waals surface area contributed by atoms with E-state index < -0.39 is 15.8 Å². The lowest BCUT2D eigenvalue weighted by Gasteiger charge is -2.07. The van der Waals surface area contributed by atoms with Crippen molar-refractivity contribution in [3.8, 4) is 5.75 Å². The van der Waals surface area contributed by atoms with Crippen molar-refractivity contribution >= 4 is 15.7 Å². The maximum Gasteiger partial charge on any atom is 0.278 e. The number of methoxy groups -OCH3 is 1. The molecule has 0 aliphatic carbocycles. The fraction of sp³-hybridized carbons (Fsp3) is 0.100.